The van der Waals surface area contributed by atoms with E-state index in [0.717, 1.165) is 28.8 Å². The molecule has 0 spiro atoms. The van der Waals surface area contributed by atoms with E-state index in [1.165, 1.54) is 0 Å². The maximum atomic E-state index is 10.3. The summed E-state index contributed by atoms with van der Waals surface area (Å²) in [6.07, 6.45) is 1.17. The van der Waals surface area contributed by atoms with Crippen LogP contribution in [0.4, 0.5) is 0 Å². The van der Waals surface area contributed by atoms with Crippen molar-refractivity contribution in [2.75, 3.05) is 0 Å². The first-order valence-corrected chi connectivity index (χ1v) is 7.86. The van der Waals surface area contributed by atoms with Crippen LogP contribution in [-0.4, -0.2) is 21.0 Å². The fourth-order valence-corrected chi connectivity index (χ4v) is 2.58. The average Bonchev–Trinajstić information content (AvgIpc) is 2.55. The summed E-state index contributed by atoms with van der Waals surface area (Å²) in [6, 6.07) is 0. The van der Waals surface area contributed by atoms with Crippen molar-refractivity contribution < 1.29 is 5.11 Å². The fraction of sp³-hybridized carbons (Fsp3) is 0.800. The summed E-state index contributed by atoms with van der Waals surface area (Å²) >= 11 is 3.58. The van der Waals surface area contributed by atoms with E-state index in [1.807, 2.05) is 11.6 Å². The SMILES string of the molecule is CCn1nc(C)c(Br)c1CC(O)CC(C)C(C)(C)C. The van der Waals surface area contributed by atoms with Crippen molar-refractivity contribution in [2.45, 2.75) is 67.0 Å². The number of rotatable bonds is 5. The van der Waals surface area contributed by atoms with Crippen molar-refractivity contribution in [1.82, 2.24) is 9.78 Å². The third-order valence-electron chi connectivity index (χ3n) is 3.99. The van der Waals surface area contributed by atoms with Crippen LogP contribution in [0.2, 0.25) is 0 Å². The van der Waals surface area contributed by atoms with Gasteiger partial charge in [-0.2, -0.15) is 5.10 Å². The molecule has 0 saturated heterocycles. The van der Waals surface area contributed by atoms with Gasteiger partial charge in [0.15, 0.2) is 0 Å². The third kappa shape index (κ3) is 4.32. The van der Waals surface area contributed by atoms with Gasteiger partial charge in [-0.1, -0.05) is 27.7 Å². The average molecular weight is 331 g/mol. The van der Waals surface area contributed by atoms with Gasteiger partial charge in [-0.05, 0) is 47.5 Å². The number of aromatic nitrogens is 2. The van der Waals surface area contributed by atoms with Gasteiger partial charge in [0, 0.05) is 13.0 Å². The van der Waals surface area contributed by atoms with Crippen LogP contribution >= 0.6 is 15.9 Å². The zero-order valence-corrected chi connectivity index (χ0v) is 14.6. The molecule has 1 aromatic rings. The van der Waals surface area contributed by atoms with Crippen molar-refractivity contribution in [3.63, 3.8) is 0 Å². The van der Waals surface area contributed by atoms with Crippen LogP contribution in [0.3, 0.4) is 0 Å². The summed E-state index contributed by atoms with van der Waals surface area (Å²) < 4.78 is 3.02. The first-order valence-electron chi connectivity index (χ1n) is 7.06. The Labute approximate surface area is 125 Å². The molecule has 2 atom stereocenters. The highest BCUT2D eigenvalue weighted by molar-refractivity contribution is 9.10. The molecule has 1 rings (SSSR count). The summed E-state index contributed by atoms with van der Waals surface area (Å²) in [7, 11) is 0. The summed E-state index contributed by atoms with van der Waals surface area (Å²) in [5.74, 6) is 0.486. The minimum absolute atomic E-state index is 0.235. The molecular formula is C15H27BrN2O. The van der Waals surface area contributed by atoms with Crippen LogP contribution in [-0.2, 0) is 13.0 Å². The predicted molar refractivity (Wildman–Crippen MR) is 83.3 cm³/mol. The molecule has 0 aromatic carbocycles. The second-order valence-corrected chi connectivity index (χ2v) is 7.32. The lowest BCUT2D eigenvalue weighted by Gasteiger charge is -2.29. The summed E-state index contributed by atoms with van der Waals surface area (Å²) in [6.45, 7) is 13.8. The highest BCUT2D eigenvalue weighted by atomic mass is 79.9. The first kappa shape index (κ1) is 16.7. The fourth-order valence-electron chi connectivity index (χ4n) is 2.13. The van der Waals surface area contributed by atoms with Gasteiger partial charge < -0.3 is 5.11 Å². The Hall–Kier alpha value is -0.350. The van der Waals surface area contributed by atoms with E-state index in [9.17, 15) is 5.11 Å². The van der Waals surface area contributed by atoms with E-state index in [0.29, 0.717) is 12.3 Å². The predicted octanol–water partition coefficient (Wildman–Crippen LogP) is 3.95. The molecule has 110 valence electrons. The van der Waals surface area contributed by atoms with Crippen LogP contribution in [0.5, 0.6) is 0 Å². The van der Waals surface area contributed by atoms with Gasteiger partial charge in [0.25, 0.3) is 0 Å². The second-order valence-electron chi connectivity index (χ2n) is 6.52. The number of aliphatic hydroxyl groups excluding tert-OH is 1. The lowest BCUT2D eigenvalue weighted by molar-refractivity contribution is 0.108. The monoisotopic (exact) mass is 330 g/mol. The Balaban J connectivity index is 2.75. The van der Waals surface area contributed by atoms with E-state index >= 15 is 0 Å². The van der Waals surface area contributed by atoms with Gasteiger partial charge in [0.1, 0.15) is 0 Å². The molecule has 0 aliphatic rings. The maximum absolute atomic E-state index is 10.3. The minimum Gasteiger partial charge on any atom is -0.393 e. The zero-order chi connectivity index (χ0) is 14.8. The molecule has 0 aliphatic heterocycles. The third-order valence-corrected chi connectivity index (χ3v) is 5.02. The Bertz CT molecular complexity index is 421. The number of nitrogens with zero attached hydrogens (tertiary/aromatic N) is 2. The Kier molecular flexibility index (Phi) is 5.63. The van der Waals surface area contributed by atoms with Crippen molar-refractivity contribution in [2.24, 2.45) is 11.3 Å². The maximum Gasteiger partial charge on any atom is 0.0738 e. The number of hydrogen-bond donors (Lipinski definition) is 1. The standard InChI is InChI=1S/C15H27BrN2O/c1-7-18-13(14(16)11(3)17-18)9-12(19)8-10(2)15(4,5)6/h10,12,19H,7-9H2,1-6H3. The lowest BCUT2D eigenvalue weighted by atomic mass is 9.78. The van der Waals surface area contributed by atoms with Crippen LogP contribution in [0.25, 0.3) is 0 Å². The second kappa shape index (κ2) is 6.40. The van der Waals surface area contributed by atoms with Crippen LogP contribution < -0.4 is 0 Å². The zero-order valence-electron chi connectivity index (χ0n) is 13.0. The summed E-state index contributed by atoms with van der Waals surface area (Å²) in [4.78, 5) is 0. The number of aliphatic hydroxyl groups is 1. The summed E-state index contributed by atoms with van der Waals surface area (Å²) in [5, 5.41) is 14.8. The minimum atomic E-state index is -0.313. The summed E-state index contributed by atoms with van der Waals surface area (Å²) in [5.41, 5.74) is 2.33. The molecule has 19 heavy (non-hydrogen) atoms. The van der Waals surface area contributed by atoms with E-state index < -0.39 is 0 Å². The van der Waals surface area contributed by atoms with E-state index in [1.54, 1.807) is 0 Å². The van der Waals surface area contributed by atoms with Crippen molar-refractivity contribution in [3.05, 3.63) is 15.9 Å². The van der Waals surface area contributed by atoms with Gasteiger partial charge in [-0.25, -0.2) is 0 Å². The Morgan fingerprint density at radius 1 is 1.37 bits per heavy atom. The van der Waals surface area contributed by atoms with Gasteiger partial charge >= 0.3 is 0 Å². The molecule has 0 radical (unpaired) electrons. The van der Waals surface area contributed by atoms with E-state index in [-0.39, 0.29) is 11.5 Å². The van der Waals surface area contributed by atoms with Gasteiger partial charge in [-0.15, -0.1) is 0 Å². The molecule has 1 aromatic heterocycles. The quantitative estimate of drug-likeness (QED) is 0.887. The normalized spacial score (nSPS) is 15.6. The number of aryl methyl sites for hydroxylation is 2. The Morgan fingerprint density at radius 2 is 1.95 bits per heavy atom. The number of hydrogen-bond acceptors (Lipinski definition) is 2. The molecule has 0 amide bonds. The molecule has 1 heterocycles. The molecule has 3 nitrogen and oxygen atoms in total. The molecule has 1 N–H and O–H groups in total. The number of halogens is 1. The molecule has 0 saturated carbocycles. The molecule has 4 heteroatoms. The van der Waals surface area contributed by atoms with Gasteiger partial charge in [0.05, 0.1) is 22.0 Å². The highest BCUT2D eigenvalue weighted by Gasteiger charge is 2.24. The van der Waals surface area contributed by atoms with Gasteiger partial charge in [0.2, 0.25) is 0 Å². The van der Waals surface area contributed by atoms with E-state index in [4.69, 9.17) is 0 Å². The van der Waals surface area contributed by atoms with Crippen molar-refractivity contribution >= 4 is 15.9 Å². The lowest BCUT2D eigenvalue weighted by Crippen LogP contribution is -2.24. The highest BCUT2D eigenvalue weighted by Crippen LogP contribution is 2.30. The Morgan fingerprint density at radius 3 is 2.42 bits per heavy atom. The van der Waals surface area contributed by atoms with Gasteiger partial charge in [-0.3, -0.25) is 4.68 Å². The molecule has 0 bridgehead atoms. The molecular weight excluding hydrogens is 304 g/mol. The molecule has 2 unspecified atom stereocenters. The van der Waals surface area contributed by atoms with Crippen molar-refractivity contribution in [1.29, 1.82) is 0 Å². The van der Waals surface area contributed by atoms with Crippen molar-refractivity contribution in [3.8, 4) is 0 Å². The van der Waals surface area contributed by atoms with Crippen LogP contribution in [0.15, 0.2) is 4.47 Å². The smallest absolute Gasteiger partial charge is 0.0738 e. The van der Waals surface area contributed by atoms with Crippen LogP contribution in [0.1, 0.15) is 52.4 Å². The van der Waals surface area contributed by atoms with Crippen LogP contribution in [0, 0.1) is 18.3 Å². The van der Waals surface area contributed by atoms with E-state index in [2.05, 4.69) is 55.6 Å². The molecule has 0 fully saturated rings. The topological polar surface area (TPSA) is 38.0 Å². The first-order chi connectivity index (χ1) is 8.66. The largest absolute Gasteiger partial charge is 0.393 e. The molecule has 0 aliphatic carbocycles.